The molecule has 19 atom stereocenters. The van der Waals surface area contributed by atoms with Gasteiger partial charge in [-0.05, 0) is 74.9 Å². The maximum absolute atomic E-state index is 14.3. The van der Waals surface area contributed by atoms with Crippen LogP contribution in [-0.2, 0) is 47.6 Å². The minimum absolute atomic E-state index is 0.0667. The third kappa shape index (κ3) is 12.6. The number of nitrogens with zero attached hydrogens (tertiary/aromatic N) is 2. The van der Waals surface area contributed by atoms with Crippen LogP contribution in [0.1, 0.15) is 102 Å². The van der Waals surface area contributed by atoms with Crippen molar-refractivity contribution < 1.29 is 78.2 Å². The van der Waals surface area contributed by atoms with Gasteiger partial charge >= 0.3 is 11.9 Å². The van der Waals surface area contributed by atoms with Crippen molar-refractivity contribution in [3.8, 4) is 0 Å². The molecule has 0 aliphatic carbocycles. The van der Waals surface area contributed by atoms with E-state index in [-0.39, 0.29) is 43.7 Å². The van der Waals surface area contributed by atoms with Crippen LogP contribution in [-0.4, -0.2) is 178 Å². The van der Waals surface area contributed by atoms with E-state index in [1.807, 2.05) is 25.9 Å². The Bertz CT molecular complexity index is 1420. The van der Waals surface area contributed by atoms with Crippen molar-refractivity contribution in [1.82, 2.24) is 4.90 Å². The highest BCUT2D eigenvalue weighted by Gasteiger charge is 2.53. The van der Waals surface area contributed by atoms with Gasteiger partial charge in [0.25, 0.3) is 0 Å². The second-order valence-electron chi connectivity index (χ2n) is 18.3. The molecule has 0 aromatic carbocycles. The van der Waals surface area contributed by atoms with Gasteiger partial charge in [0.05, 0.1) is 53.4 Å². The zero-order chi connectivity index (χ0) is 45.7. The van der Waals surface area contributed by atoms with Gasteiger partial charge in [-0.3, -0.25) is 9.59 Å². The first-order valence-electron chi connectivity index (χ1n) is 21.3. The smallest absolute Gasteiger partial charge is 0.311 e. The summed E-state index contributed by atoms with van der Waals surface area (Å²) in [6.07, 6.45) is -11.3. The maximum atomic E-state index is 14.3. The molecule has 0 radical (unpaired) electrons. The summed E-state index contributed by atoms with van der Waals surface area (Å²) < 4.78 is 42.4. The number of carbonyl (C=O) groups excluding carboxylic acids is 2. The summed E-state index contributed by atoms with van der Waals surface area (Å²) in [4.78, 5) is 33.1. The number of rotatable bonds is 12. The van der Waals surface area contributed by atoms with Gasteiger partial charge in [0.2, 0.25) is 0 Å². The molecule has 0 aromatic heterocycles. The monoisotopic (exact) mass is 865 g/mol. The Morgan fingerprint density at radius 3 is 2.15 bits per heavy atom. The van der Waals surface area contributed by atoms with Gasteiger partial charge in [0, 0.05) is 44.2 Å². The Kier molecular flexibility index (Phi) is 18.8. The number of aliphatic hydroxyl groups excluding tert-OH is 4. The molecule has 60 heavy (non-hydrogen) atoms. The topological polar surface area (TPSA) is 245 Å². The van der Waals surface area contributed by atoms with Gasteiger partial charge in [-0.25, -0.2) is 0 Å². The lowest BCUT2D eigenvalue weighted by Gasteiger charge is -2.49. The number of aliphatic hydroxyl groups is 6. The Balaban J connectivity index is 2.23. The fourth-order valence-corrected chi connectivity index (χ4v) is 9.05. The SMILES string of the molecule is CCC1OC(=O)[C@H](C)C(O[C@H]2C[C@@](C)(OC)[C@@H](O)[C@H](C)O2)[C@H](C)[C@@H](O[C@@H]2O[C@H](C)C[C@H](N(C)C)[C@H]2O)[C@](C)(O)C[C@@H](C)/C(=N\OCC(O)COC(C)=O)[C@H](C)[C@@H](O)[C@]1(C)O. The first kappa shape index (κ1) is 52.3. The largest absolute Gasteiger partial charge is 0.463 e. The molecule has 350 valence electrons. The summed E-state index contributed by atoms with van der Waals surface area (Å²) in [6, 6.07) is -0.360. The average molecular weight is 865 g/mol. The van der Waals surface area contributed by atoms with Gasteiger partial charge in [0.15, 0.2) is 12.6 Å². The summed E-state index contributed by atoms with van der Waals surface area (Å²) in [5, 5.41) is 73.9. The van der Waals surface area contributed by atoms with Crippen LogP contribution in [0.2, 0.25) is 0 Å². The van der Waals surface area contributed by atoms with Crippen LogP contribution in [0, 0.1) is 23.7 Å². The minimum Gasteiger partial charge on any atom is -0.463 e. The molecular formula is C42H76N2O16. The van der Waals surface area contributed by atoms with Crippen molar-refractivity contribution in [3.63, 3.8) is 0 Å². The average Bonchev–Trinajstić information content (AvgIpc) is 3.16. The van der Waals surface area contributed by atoms with Crippen LogP contribution in [0.3, 0.4) is 0 Å². The second-order valence-corrected chi connectivity index (χ2v) is 18.3. The molecule has 0 aromatic rings. The van der Waals surface area contributed by atoms with Crippen molar-refractivity contribution in [3.05, 3.63) is 0 Å². The van der Waals surface area contributed by atoms with E-state index in [0.29, 0.717) is 6.42 Å². The van der Waals surface area contributed by atoms with Crippen LogP contribution in [0.25, 0.3) is 0 Å². The normalized spacial score (nSPS) is 45.1. The lowest BCUT2D eigenvalue weighted by molar-refractivity contribution is -0.317. The van der Waals surface area contributed by atoms with Crippen LogP contribution >= 0.6 is 0 Å². The molecular weight excluding hydrogens is 788 g/mol. The Morgan fingerprint density at radius 1 is 0.950 bits per heavy atom. The van der Waals surface area contributed by atoms with E-state index in [2.05, 4.69) is 5.16 Å². The Morgan fingerprint density at radius 2 is 1.58 bits per heavy atom. The van der Waals surface area contributed by atoms with E-state index in [1.165, 1.54) is 21.0 Å². The van der Waals surface area contributed by atoms with Gasteiger partial charge in [-0.2, -0.15) is 0 Å². The zero-order valence-corrected chi connectivity index (χ0v) is 38.1. The standard InChI is InChI=1S/C42H76N2O16/c1-15-30-42(11,52)35(48)23(4)32(43-55-20-28(46)19-54-27(8)45)21(2)17-40(9,51)37(60-39-33(47)29(44(12)13)16-22(3)56-39)24(5)34(25(6)38(50)58-30)59-31-18-41(10,53-14)36(49)26(7)57-31/h21-26,28-31,33-37,39,46-49,51-52H,15-20H2,1-14H3/b43-32+/t21-,22-,23+,24+,25-,26+,28?,29+,30?,31+,33-,34?,35-,36+,37-,39+,40-,41-,42-/m1/s1. The maximum Gasteiger partial charge on any atom is 0.311 e. The third-order valence-corrected chi connectivity index (χ3v) is 12.8. The molecule has 18 heteroatoms. The van der Waals surface area contributed by atoms with Gasteiger partial charge in [-0.1, -0.05) is 32.9 Å². The predicted octanol–water partition coefficient (Wildman–Crippen LogP) is 1.51. The van der Waals surface area contributed by atoms with Crippen LogP contribution in [0.15, 0.2) is 5.16 Å². The molecule has 6 N–H and O–H groups in total. The Labute approximate surface area is 355 Å². The number of methoxy groups -OCH3 is 1. The number of esters is 2. The number of oxime groups is 1. The Hall–Kier alpha value is -2.07. The first-order valence-corrected chi connectivity index (χ1v) is 21.3. The highest BCUT2D eigenvalue weighted by Crippen LogP contribution is 2.41. The van der Waals surface area contributed by atoms with E-state index in [1.54, 1.807) is 55.4 Å². The number of carbonyl (C=O) groups is 2. The molecule has 3 saturated heterocycles. The lowest BCUT2D eigenvalue weighted by Crippen LogP contribution is -2.61. The van der Waals surface area contributed by atoms with E-state index in [9.17, 15) is 40.2 Å². The van der Waals surface area contributed by atoms with E-state index in [4.69, 9.17) is 38.0 Å². The van der Waals surface area contributed by atoms with Crippen molar-refractivity contribution in [2.24, 2.45) is 28.8 Å². The number of ether oxygens (including phenoxy) is 7. The van der Waals surface area contributed by atoms with E-state index >= 15 is 0 Å². The summed E-state index contributed by atoms with van der Waals surface area (Å²) in [5.74, 6) is -5.06. The zero-order valence-electron chi connectivity index (χ0n) is 38.1. The van der Waals surface area contributed by atoms with Crippen LogP contribution < -0.4 is 0 Å². The molecule has 0 saturated carbocycles. The summed E-state index contributed by atoms with van der Waals surface area (Å²) in [7, 11) is 5.15. The fourth-order valence-electron chi connectivity index (χ4n) is 9.05. The molecule has 3 aliphatic heterocycles. The molecule has 0 bridgehead atoms. The van der Waals surface area contributed by atoms with E-state index < -0.39 is 120 Å². The molecule has 3 aliphatic rings. The minimum atomic E-state index is -2.04. The molecule has 3 unspecified atom stereocenters. The van der Waals surface area contributed by atoms with Crippen molar-refractivity contribution in [1.29, 1.82) is 0 Å². The van der Waals surface area contributed by atoms with Crippen molar-refractivity contribution in [2.45, 2.75) is 192 Å². The molecule has 0 amide bonds. The fraction of sp³-hybridized carbons (Fsp3) is 0.929. The summed E-state index contributed by atoms with van der Waals surface area (Å²) in [6.45, 7) is 17.0. The number of hydrogen-bond acceptors (Lipinski definition) is 18. The first-order chi connectivity index (χ1) is 27.7. The van der Waals surface area contributed by atoms with Crippen molar-refractivity contribution in [2.75, 3.05) is 34.4 Å². The van der Waals surface area contributed by atoms with Gasteiger partial charge in [0.1, 0.15) is 43.2 Å². The predicted molar refractivity (Wildman–Crippen MR) is 217 cm³/mol. The highest BCUT2D eigenvalue weighted by atomic mass is 16.7. The highest BCUT2D eigenvalue weighted by molar-refractivity contribution is 5.88. The van der Waals surface area contributed by atoms with Crippen molar-refractivity contribution >= 4 is 17.7 Å². The van der Waals surface area contributed by atoms with E-state index in [0.717, 1.165) is 0 Å². The lowest BCUT2D eigenvalue weighted by atomic mass is 9.73. The molecule has 3 heterocycles. The molecule has 18 nitrogen and oxygen atoms in total. The third-order valence-electron chi connectivity index (χ3n) is 12.8. The molecule has 3 rings (SSSR count). The number of likely N-dealkylation sites (N-methyl/N-ethyl adjacent to an activating group) is 1. The number of cyclic esters (lactones) is 1. The number of hydrogen-bond donors (Lipinski definition) is 6. The second kappa shape index (κ2) is 21.5. The summed E-state index contributed by atoms with van der Waals surface area (Å²) in [5.41, 5.74) is -4.77. The summed E-state index contributed by atoms with van der Waals surface area (Å²) >= 11 is 0. The van der Waals surface area contributed by atoms with Crippen LogP contribution in [0.4, 0.5) is 0 Å². The van der Waals surface area contributed by atoms with Gasteiger partial charge in [-0.15, -0.1) is 0 Å². The molecule has 3 fully saturated rings. The van der Waals surface area contributed by atoms with Crippen LogP contribution in [0.5, 0.6) is 0 Å². The van der Waals surface area contributed by atoms with Gasteiger partial charge < -0.3 is 73.5 Å². The molecule has 0 spiro atoms. The quantitative estimate of drug-likeness (QED) is 0.120.